The van der Waals surface area contributed by atoms with E-state index in [0.717, 1.165) is 29.7 Å². The second kappa shape index (κ2) is 11.0. The first-order valence-corrected chi connectivity index (χ1v) is 11.2. The number of carbonyl (C=O) groups is 2. The molecule has 14 heteroatoms. The van der Waals surface area contributed by atoms with Crippen molar-refractivity contribution < 1.29 is 36.6 Å². The maximum absolute atomic E-state index is 14.1. The molecule has 2 aromatic heterocycles. The van der Waals surface area contributed by atoms with Crippen LogP contribution in [-0.4, -0.2) is 48.8 Å². The van der Waals surface area contributed by atoms with Crippen molar-refractivity contribution in [3.05, 3.63) is 59.1 Å². The number of benzene rings is 1. The van der Waals surface area contributed by atoms with Crippen LogP contribution in [0.2, 0.25) is 0 Å². The number of fused-ring (bicyclic) bond motifs is 1. The van der Waals surface area contributed by atoms with Crippen LogP contribution in [0.4, 0.5) is 26.7 Å². The van der Waals surface area contributed by atoms with Gasteiger partial charge in [0.05, 0.1) is 17.4 Å². The van der Waals surface area contributed by atoms with Gasteiger partial charge in [-0.15, -0.1) is 0 Å². The summed E-state index contributed by atoms with van der Waals surface area (Å²) in [6.45, 7) is 6.26. The van der Waals surface area contributed by atoms with Gasteiger partial charge >= 0.3 is 18.2 Å². The van der Waals surface area contributed by atoms with Gasteiger partial charge in [-0.3, -0.25) is 0 Å². The van der Waals surface area contributed by atoms with Crippen LogP contribution in [0.3, 0.4) is 0 Å². The van der Waals surface area contributed by atoms with Gasteiger partial charge in [-0.2, -0.15) is 13.2 Å². The highest BCUT2D eigenvalue weighted by Gasteiger charge is 2.38. The van der Waals surface area contributed by atoms with Crippen LogP contribution < -0.4 is 10.6 Å². The number of urea groups is 1. The molecule has 1 aliphatic heterocycles. The third kappa shape index (κ3) is 7.05. The van der Waals surface area contributed by atoms with Gasteiger partial charge in [0.15, 0.2) is 0 Å². The molecule has 3 heterocycles. The third-order valence-corrected chi connectivity index (χ3v) is 5.68. The molecule has 9 nitrogen and oxygen atoms in total. The topological polar surface area (TPSA) is 125 Å². The second-order valence-corrected chi connectivity index (χ2v) is 8.53. The number of imidazole rings is 2. The van der Waals surface area contributed by atoms with E-state index in [1.165, 1.54) is 12.1 Å². The van der Waals surface area contributed by atoms with Gasteiger partial charge in [-0.25, -0.2) is 28.3 Å². The van der Waals surface area contributed by atoms with Gasteiger partial charge in [0.1, 0.15) is 23.3 Å². The van der Waals surface area contributed by atoms with Gasteiger partial charge in [0.2, 0.25) is 0 Å². The number of nitrogens with one attached hydrogen (secondary N) is 3. The highest BCUT2D eigenvalue weighted by molar-refractivity contribution is 5.74. The normalized spacial score (nSPS) is 15.7. The highest BCUT2D eigenvalue weighted by Crippen LogP contribution is 2.25. The molecule has 0 bridgehead atoms. The second-order valence-electron chi connectivity index (χ2n) is 8.53. The molecular formula is C23H25F5N6O3. The van der Waals surface area contributed by atoms with E-state index < -0.39 is 23.8 Å². The minimum atomic E-state index is -5.08. The predicted octanol–water partition coefficient (Wildman–Crippen LogP) is 4.18. The Balaban J connectivity index is 0.000000479. The van der Waals surface area contributed by atoms with Crippen molar-refractivity contribution >= 4 is 12.0 Å². The molecule has 0 spiro atoms. The van der Waals surface area contributed by atoms with Crippen LogP contribution in [0, 0.1) is 25.5 Å². The summed E-state index contributed by atoms with van der Waals surface area (Å²) in [4.78, 5) is 33.4. The summed E-state index contributed by atoms with van der Waals surface area (Å²) in [6, 6.07) is 2.86. The van der Waals surface area contributed by atoms with E-state index in [1.54, 1.807) is 6.20 Å². The summed E-state index contributed by atoms with van der Waals surface area (Å²) in [5.74, 6) is -2.48. The zero-order valence-corrected chi connectivity index (χ0v) is 20.1. The van der Waals surface area contributed by atoms with Crippen molar-refractivity contribution in [2.24, 2.45) is 0 Å². The number of hydrogen-bond acceptors (Lipinski definition) is 4. The molecule has 1 aliphatic rings. The van der Waals surface area contributed by atoms with Gasteiger partial charge in [0, 0.05) is 42.5 Å². The molecule has 0 fully saturated rings. The SMILES string of the molecule is Cc1nc(C(C)NC(=O)NC2CCc3nc(-c4ccc(F)cc4F)cn3C2)[nH]c1C.O=C(O)C(F)(F)F. The number of amides is 2. The van der Waals surface area contributed by atoms with Crippen molar-refractivity contribution in [2.45, 2.75) is 58.4 Å². The Bertz CT molecular complexity index is 1270. The molecule has 2 unspecified atom stereocenters. The molecule has 200 valence electrons. The monoisotopic (exact) mass is 528 g/mol. The van der Waals surface area contributed by atoms with E-state index in [1.807, 2.05) is 25.3 Å². The van der Waals surface area contributed by atoms with Crippen LogP contribution in [0.5, 0.6) is 0 Å². The fourth-order valence-electron chi connectivity index (χ4n) is 3.66. The molecule has 0 aliphatic carbocycles. The molecule has 2 amide bonds. The van der Waals surface area contributed by atoms with E-state index in [4.69, 9.17) is 9.90 Å². The van der Waals surface area contributed by atoms with E-state index in [0.29, 0.717) is 24.5 Å². The minimum absolute atomic E-state index is 0.0788. The van der Waals surface area contributed by atoms with Crippen molar-refractivity contribution in [1.82, 2.24) is 30.2 Å². The number of H-pyrrole nitrogens is 1. The number of aliphatic carboxylic acids is 1. The number of carboxylic acid groups (broad SMARTS) is 1. The quantitative estimate of drug-likeness (QED) is 0.378. The Morgan fingerprint density at radius 1 is 1.22 bits per heavy atom. The van der Waals surface area contributed by atoms with Crippen molar-refractivity contribution in [3.63, 3.8) is 0 Å². The number of aromatic amines is 1. The first-order valence-electron chi connectivity index (χ1n) is 11.2. The highest BCUT2D eigenvalue weighted by atomic mass is 19.4. The van der Waals surface area contributed by atoms with Crippen LogP contribution in [0.15, 0.2) is 24.4 Å². The lowest BCUT2D eigenvalue weighted by Crippen LogP contribution is -2.46. The van der Waals surface area contributed by atoms with E-state index in [2.05, 4.69) is 25.6 Å². The number of aromatic nitrogens is 4. The maximum Gasteiger partial charge on any atom is 0.490 e. The molecule has 0 radical (unpaired) electrons. The fourth-order valence-corrected chi connectivity index (χ4v) is 3.66. The minimum Gasteiger partial charge on any atom is -0.475 e. The van der Waals surface area contributed by atoms with E-state index in [-0.39, 0.29) is 23.7 Å². The number of rotatable bonds is 4. The Kier molecular flexibility index (Phi) is 8.18. The first-order chi connectivity index (χ1) is 17.2. The van der Waals surface area contributed by atoms with Crippen LogP contribution >= 0.6 is 0 Å². The maximum atomic E-state index is 14.1. The molecule has 2 atom stereocenters. The summed E-state index contributed by atoms with van der Waals surface area (Å²) < 4.78 is 60.9. The first kappa shape index (κ1) is 27.6. The third-order valence-electron chi connectivity index (χ3n) is 5.68. The number of alkyl halides is 3. The smallest absolute Gasteiger partial charge is 0.475 e. The van der Waals surface area contributed by atoms with E-state index in [9.17, 15) is 26.7 Å². The summed E-state index contributed by atoms with van der Waals surface area (Å²) in [5.41, 5.74) is 2.61. The lowest BCUT2D eigenvalue weighted by molar-refractivity contribution is -0.192. The fraction of sp³-hybridized carbons (Fsp3) is 0.391. The Morgan fingerprint density at radius 2 is 1.89 bits per heavy atom. The molecule has 37 heavy (non-hydrogen) atoms. The molecule has 4 rings (SSSR count). The Hall–Kier alpha value is -3.97. The number of carbonyl (C=O) groups excluding carboxylic acids is 1. The zero-order valence-electron chi connectivity index (χ0n) is 20.1. The largest absolute Gasteiger partial charge is 0.490 e. The van der Waals surface area contributed by atoms with E-state index >= 15 is 0 Å². The van der Waals surface area contributed by atoms with Crippen LogP contribution in [0.1, 0.15) is 42.4 Å². The van der Waals surface area contributed by atoms with Gasteiger partial charge in [-0.05, 0) is 39.3 Å². The lowest BCUT2D eigenvalue weighted by Gasteiger charge is -2.25. The molecule has 0 saturated heterocycles. The van der Waals surface area contributed by atoms with Gasteiger partial charge < -0.3 is 25.3 Å². The molecule has 3 aromatic rings. The Morgan fingerprint density at radius 3 is 2.46 bits per heavy atom. The summed E-state index contributed by atoms with van der Waals surface area (Å²) in [5, 5.41) is 13.0. The van der Waals surface area contributed by atoms with Crippen molar-refractivity contribution in [2.75, 3.05) is 0 Å². The number of aryl methyl sites for hydroxylation is 3. The van der Waals surface area contributed by atoms with Gasteiger partial charge in [0.25, 0.3) is 0 Å². The number of halogens is 5. The standard InChI is InChI=1S/C21H24F2N6O.C2HF3O2/c1-11-12(2)25-20(24-11)13(3)26-21(30)27-15-5-7-19-28-18(10-29(19)9-15)16-6-4-14(22)8-17(16)23;3-2(4,5)1(6)7/h4,6,8,10,13,15H,5,7,9H2,1-3H3,(H,24,25)(H2,26,27,30);(H,6,7). The van der Waals surface area contributed by atoms with Crippen molar-refractivity contribution in [1.29, 1.82) is 0 Å². The number of carboxylic acids is 1. The average molecular weight is 528 g/mol. The number of hydrogen-bond donors (Lipinski definition) is 4. The van der Waals surface area contributed by atoms with Crippen LogP contribution in [-0.2, 0) is 17.8 Å². The number of nitrogens with zero attached hydrogens (tertiary/aromatic N) is 3. The van der Waals surface area contributed by atoms with Crippen LogP contribution in [0.25, 0.3) is 11.3 Å². The average Bonchev–Trinajstić information content (AvgIpc) is 3.36. The summed E-state index contributed by atoms with van der Waals surface area (Å²) >= 11 is 0. The molecule has 0 saturated carbocycles. The Labute approximate surface area is 208 Å². The van der Waals surface area contributed by atoms with Crippen molar-refractivity contribution in [3.8, 4) is 11.3 Å². The molecular weight excluding hydrogens is 503 g/mol. The predicted molar refractivity (Wildman–Crippen MR) is 122 cm³/mol. The van der Waals surface area contributed by atoms with Gasteiger partial charge in [-0.1, -0.05) is 0 Å². The lowest BCUT2D eigenvalue weighted by atomic mass is 10.1. The summed E-state index contributed by atoms with van der Waals surface area (Å²) in [6.07, 6.45) is -1.96. The summed E-state index contributed by atoms with van der Waals surface area (Å²) in [7, 11) is 0. The zero-order chi connectivity index (χ0) is 27.5. The molecule has 4 N–H and O–H groups in total. The molecule has 1 aromatic carbocycles.